The second-order valence-electron chi connectivity index (χ2n) is 4.65. The minimum atomic E-state index is 0.379. The van der Waals surface area contributed by atoms with E-state index in [2.05, 4.69) is 31.3 Å². The first kappa shape index (κ1) is 15.0. The van der Waals surface area contributed by atoms with E-state index in [9.17, 15) is 0 Å². The van der Waals surface area contributed by atoms with Gasteiger partial charge in [-0.15, -0.1) is 0 Å². The van der Waals surface area contributed by atoms with Crippen LogP contribution in [0.5, 0.6) is 5.75 Å². The third kappa shape index (κ3) is 3.72. The maximum absolute atomic E-state index is 5.35. The normalized spacial score (nSPS) is 12.5. The van der Waals surface area contributed by atoms with Gasteiger partial charge >= 0.3 is 0 Å². The van der Waals surface area contributed by atoms with Crippen molar-refractivity contribution >= 4 is 0 Å². The summed E-state index contributed by atoms with van der Waals surface area (Å²) >= 11 is 0. The molecule has 0 aliphatic rings. The largest absolute Gasteiger partial charge is 0.496 e. The zero-order valence-electron chi connectivity index (χ0n) is 12.2. The number of aryl methyl sites for hydroxylation is 2. The molecule has 3 nitrogen and oxygen atoms in total. The molecule has 1 aromatic carbocycles. The first-order chi connectivity index (χ1) is 8.63. The SMILES string of the molecule is CNC(CCCOC)c1cc(C)c(OC)cc1C. The van der Waals surface area contributed by atoms with Gasteiger partial charge in [0.05, 0.1) is 7.11 Å². The molecule has 102 valence electrons. The van der Waals surface area contributed by atoms with Gasteiger partial charge < -0.3 is 14.8 Å². The number of hydrogen-bond donors (Lipinski definition) is 1. The Morgan fingerprint density at radius 2 is 1.89 bits per heavy atom. The van der Waals surface area contributed by atoms with Crippen LogP contribution >= 0.6 is 0 Å². The van der Waals surface area contributed by atoms with E-state index in [1.54, 1.807) is 14.2 Å². The summed E-state index contributed by atoms with van der Waals surface area (Å²) in [6.45, 7) is 5.04. The van der Waals surface area contributed by atoms with Crippen LogP contribution in [-0.2, 0) is 4.74 Å². The van der Waals surface area contributed by atoms with Crippen molar-refractivity contribution in [1.29, 1.82) is 0 Å². The zero-order valence-corrected chi connectivity index (χ0v) is 12.2. The van der Waals surface area contributed by atoms with Gasteiger partial charge in [0.25, 0.3) is 0 Å². The molecule has 1 unspecified atom stereocenters. The van der Waals surface area contributed by atoms with E-state index < -0.39 is 0 Å². The fourth-order valence-electron chi connectivity index (χ4n) is 2.29. The molecular formula is C15H25NO2. The number of hydrogen-bond acceptors (Lipinski definition) is 3. The van der Waals surface area contributed by atoms with Crippen LogP contribution < -0.4 is 10.1 Å². The third-order valence-electron chi connectivity index (χ3n) is 3.35. The highest BCUT2D eigenvalue weighted by atomic mass is 16.5. The van der Waals surface area contributed by atoms with Gasteiger partial charge in [0, 0.05) is 19.8 Å². The van der Waals surface area contributed by atoms with Crippen LogP contribution in [0.3, 0.4) is 0 Å². The number of benzene rings is 1. The maximum atomic E-state index is 5.35. The lowest BCUT2D eigenvalue weighted by Gasteiger charge is -2.20. The Morgan fingerprint density at radius 3 is 2.44 bits per heavy atom. The van der Waals surface area contributed by atoms with E-state index in [0.29, 0.717) is 6.04 Å². The van der Waals surface area contributed by atoms with Crippen molar-refractivity contribution in [2.45, 2.75) is 32.7 Å². The average molecular weight is 251 g/mol. The smallest absolute Gasteiger partial charge is 0.122 e. The Balaban J connectivity index is 2.88. The number of methoxy groups -OCH3 is 2. The van der Waals surface area contributed by atoms with E-state index >= 15 is 0 Å². The minimum Gasteiger partial charge on any atom is -0.496 e. The highest BCUT2D eigenvalue weighted by Crippen LogP contribution is 2.28. The Morgan fingerprint density at radius 1 is 1.17 bits per heavy atom. The molecule has 0 saturated heterocycles. The molecule has 0 heterocycles. The second-order valence-corrected chi connectivity index (χ2v) is 4.65. The highest BCUT2D eigenvalue weighted by molar-refractivity contribution is 5.42. The average Bonchev–Trinajstić information content (AvgIpc) is 2.37. The van der Waals surface area contributed by atoms with Crippen LogP contribution in [0, 0.1) is 13.8 Å². The van der Waals surface area contributed by atoms with Gasteiger partial charge in [-0.1, -0.05) is 6.07 Å². The van der Waals surface area contributed by atoms with E-state index in [-0.39, 0.29) is 0 Å². The van der Waals surface area contributed by atoms with Gasteiger partial charge in [0.1, 0.15) is 5.75 Å². The summed E-state index contributed by atoms with van der Waals surface area (Å²) in [6, 6.07) is 4.72. The molecule has 0 aliphatic carbocycles. The molecule has 1 N–H and O–H groups in total. The maximum Gasteiger partial charge on any atom is 0.122 e. The predicted molar refractivity (Wildman–Crippen MR) is 75.4 cm³/mol. The van der Waals surface area contributed by atoms with Crippen molar-refractivity contribution < 1.29 is 9.47 Å². The second kappa shape index (κ2) is 7.39. The molecule has 0 radical (unpaired) electrons. The van der Waals surface area contributed by atoms with E-state index in [4.69, 9.17) is 9.47 Å². The first-order valence-electron chi connectivity index (χ1n) is 6.45. The van der Waals surface area contributed by atoms with Gasteiger partial charge in [-0.05, 0) is 56.5 Å². The molecular weight excluding hydrogens is 226 g/mol. The standard InChI is InChI=1S/C15H25NO2/c1-11-10-15(18-5)12(2)9-13(11)14(16-3)7-6-8-17-4/h9-10,14,16H,6-8H2,1-5H3. The van der Waals surface area contributed by atoms with Crippen LogP contribution in [0.15, 0.2) is 12.1 Å². The van der Waals surface area contributed by atoms with Gasteiger partial charge in [0.15, 0.2) is 0 Å². The molecule has 0 aromatic heterocycles. The molecule has 0 bridgehead atoms. The quantitative estimate of drug-likeness (QED) is 0.756. The van der Waals surface area contributed by atoms with E-state index in [1.807, 2.05) is 7.05 Å². The molecule has 18 heavy (non-hydrogen) atoms. The molecule has 0 aliphatic heterocycles. The highest BCUT2D eigenvalue weighted by Gasteiger charge is 2.13. The van der Waals surface area contributed by atoms with Gasteiger partial charge in [0.2, 0.25) is 0 Å². The molecule has 0 fully saturated rings. The Bertz CT molecular complexity index is 377. The van der Waals surface area contributed by atoms with Gasteiger partial charge in [-0.3, -0.25) is 0 Å². The van der Waals surface area contributed by atoms with Crippen molar-refractivity contribution in [1.82, 2.24) is 5.32 Å². The summed E-state index contributed by atoms with van der Waals surface area (Å²) < 4.78 is 10.5. The fourth-order valence-corrected chi connectivity index (χ4v) is 2.29. The molecule has 1 rings (SSSR count). The first-order valence-corrected chi connectivity index (χ1v) is 6.45. The van der Waals surface area contributed by atoms with Crippen molar-refractivity contribution in [3.05, 3.63) is 28.8 Å². The molecule has 0 amide bonds. The molecule has 0 spiro atoms. The molecule has 1 atom stereocenters. The van der Waals surface area contributed by atoms with Crippen molar-refractivity contribution in [2.75, 3.05) is 27.9 Å². The number of ether oxygens (including phenoxy) is 2. The number of rotatable bonds is 7. The fraction of sp³-hybridized carbons (Fsp3) is 0.600. The summed E-state index contributed by atoms with van der Waals surface area (Å²) in [5, 5.41) is 3.39. The lowest BCUT2D eigenvalue weighted by Crippen LogP contribution is -2.18. The van der Waals surface area contributed by atoms with E-state index in [1.165, 1.54) is 16.7 Å². The summed E-state index contributed by atoms with van der Waals surface area (Å²) in [7, 11) is 5.48. The lowest BCUT2D eigenvalue weighted by atomic mass is 9.95. The minimum absolute atomic E-state index is 0.379. The Hall–Kier alpha value is -1.06. The summed E-state index contributed by atoms with van der Waals surface area (Å²) in [5.74, 6) is 0.961. The predicted octanol–water partition coefficient (Wildman–Crippen LogP) is 3.00. The monoisotopic (exact) mass is 251 g/mol. The van der Waals surface area contributed by atoms with Crippen molar-refractivity contribution in [3.63, 3.8) is 0 Å². The van der Waals surface area contributed by atoms with Crippen molar-refractivity contribution in [3.8, 4) is 5.75 Å². The van der Waals surface area contributed by atoms with Crippen LogP contribution in [0.2, 0.25) is 0 Å². The molecule has 3 heteroatoms. The third-order valence-corrected chi connectivity index (χ3v) is 3.35. The summed E-state index contributed by atoms with van der Waals surface area (Å²) in [4.78, 5) is 0. The zero-order chi connectivity index (χ0) is 13.5. The summed E-state index contributed by atoms with van der Waals surface area (Å²) in [6.07, 6.45) is 2.14. The Labute approximate surface area is 110 Å². The molecule has 0 saturated carbocycles. The lowest BCUT2D eigenvalue weighted by molar-refractivity contribution is 0.189. The van der Waals surface area contributed by atoms with Crippen LogP contribution in [0.4, 0.5) is 0 Å². The van der Waals surface area contributed by atoms with Gasteiger partial charge in [-0.25, -0.2) is 0 Å². The van der Waals surface area contributed by atoms with Crippen LogP contribution in [0.1, 0.15) is 35.6 Å². The molecule has 1 aromatic rings. The van der Waals surface area contributed by atoms with Crippen molar-refractivity contribution in [2.24, 2.45) is 0 Å². The number of nitrogens with one attached hydrogen (secondary N) is 1. The van der Waals surface area contributed by atoms with E-state index in [0.717, 1.165) is 25.2 Å². The van der Waals surface area contributed by atoms with Gasteiger partial charge in [-0.2, -0.15) is 0 Å². The van der Waals surface area contributed by atoms with Crippen LogP contribution in [-0.4, -0.2) is 27.9 Å². The van der Waals surface area contributed by atoms with Crippen LogP contribution in [0.25, 0.3) is 0 Å². The Kier molecular flexibility index (Phi) is 6.16. The summed E-state index contributed by atoms with van der Waals surface area (Å²) in [5.41, 5.74) is 3.81. The topological polar surface area (TPSA) is 30.5 Å².